The third-order valence-corrected chi connectivity index (χ3v) is 4.48. The fourth-order valence-electron chi connectivity index (χ4n) is 2.97. The molecule has 2 aromatic carbocycles. The number of benzene rings is 2. The maximum absolute atomic E-state index is 12.4. The highest BCUT2D eigenvalue weighted by molar-refractivity contribution is 5.92. The molecule has 0 heterocycles. The van der Waals surface area contributed by atoms with Crippen molar-refractivity contribution in [1.82, 2.24) is 4.90 Å². The zero-order valence-corrected chi connectivity index (χ0v) is 15.4. The number of hydrogen-bond donors (Lipinski definition) is 1. The lowest BCUT2D eigenvalue weighted by atomic mass is 10.1. The monoisotopic (exact) mass is 338 g/mol. The molecule has 132 valence electrons. The van der Waals surface area contributed by atoms with Gasteiger partial charge in [0, 0.05) is 25.6 Å². The van der Waals surface area contributed by atoms with Gasteiger partial charge in [-0.05, 0) is 37.5 Å². The predicted octanol–water partition coefficient (Wildman–Crippen LogP) is 4.24. The number of para-hydroxylation sites is 1. The molecule has 0 saturated heterocycles. The van der Waals surface area contributed by atoms with Gasteiger partial charge in [0.1, 0.15) is 0 Å². The molecule has 1 unspecified atom stereocenters. The molecule has 1 atom stereocenters. The Kier molecular flexibility index (Phi) is 6.34. The molecule has 4 heteroatoms. The average molecular weight is 338 g/mol. The van der Waals surface area contributed by atoms with Gasteiger partial charge in [0.25, 0.3) is 0 Å². The SMILES string of the molecule is CC(=O)N(CCC(=O)Nc1c(C)cccc1C)C(C)c1ccccc1. The van der Waals surface area contributed by atoms with Crippen LogP contribution in [0.5, 0.6) is 0 Å². The topological polar surface area (TPSA) is 49.4 Å². The van der Waals surface area contributed by atoms with Gasteiger partial charge in [0.05, 0.1) is 6.04 Å². The van der Waals surface area contributed by atoms with E-state index >= 15 is 0 Å². The molecule has 0 aliphatic carbocycles. The van der Waals surface area contributed by atoms with Crippen LogP contribution in [0.2, 0.25) is 0 Å². The molecule has 25 heavy (non-hydrogen) atoms. The molecule has 0 aliphatic rings. The summed E-state index contributed by atoms with van der Waals surface area (Å²) in [4.78, 5) is 26.1. The van der Waals surface area contributed by atoms with Crippen molar-refractivity contribution in [3.05, 3.63) is 65.2 Å². The molecule has 0 aliphatic heterocycles. The number of anilines is 1. The van der Waals surface area contributed by atoms with E-state index in [4.69, 9.17) is 0 Å². The highest BCUT2D eigenvalue weighted by atomic mass is 16.2. The van der Waals surface area contributed by atoms with Gasteiger partial charge >= 0.3 is 0 Å². The molecule has 1 N–H and O–H groups in total. The van der Waals surface area contributed by atoms with Crippen LogP contribution >= 0.6 is 0 Å². The average Bonchev–Trinajstić information content (AvgIpc) is 2.59. The van der Waals surface area contributed by atoms with Crippen molar-refractivity contribution in [3.63, 3.8) is 0 Å². The molecular formula is C21H26N2O2. The number of amides is 2. The van der Waals surface area contributed by atoms with Crippen LogP contribution in [-0.2, 0) is 9.59 Å². The summed E-state index contributed by atoms with van der Waals surface area (Å²) in [5.74, 6) is -0.111. The minimum absolute atomic E-state index is 0.0313. The number of carbonyl (C=O) groups is 2. The summed E-state index contributed by atoms with van der Waals surface area (Å²) in [5, 5.41) is 2.97. The summed E-state index contributed by atoms with van der Waals surface area (Å²) in [7, 11) is 0. The van der Waals surface area contributed by atoms with E-state index in [9.17, 15) is 9.59 Å². The van der Waals surface area contributed by atoms with Crippen LogP contribution in [0.25, 0.3) is 0 Å². The summed E-state index contributed by atoms with van der Waals surface area (Å²) in [6.07, 6.45) is 0.268. The Hall–Kier alpha value is -2.62. The number of hydrogen-bond acceptors (Lipinski definition) is 2. The molecule has 2 rings (SSSR count). The van der Waals surface area contributed by atoms with Crippen molar-refractivity contribution in [1.29, 1.82) is 0 Å². The molecule has 0 spiro atoms. The fourth-order valence-corrected chi connectivity index (χ4v) is 2.97. The standard InChI is InChI=1S/C21H26N2O2/c1-15-9-8-10-16(2)21(15)22-20(25)13-14-23(18(4)24)17(3)19-11-6-5-7-12-19/h5-12,17H,13-14H2,1-4H3,(H,22,25). The van der Waals surface area contributed by atoms with Gasteiger partial charge in [-0.15, -0.1) is 0 Å². The van der Waals surface area contributed by atoms with Gasteiger partial charge in [-0.3, -0.25) is 9.59 Å². The Morgan fingerprint density at radius 1 is 1.00 bits per heavy atom. The van der Waals surface area contributed by atoms with Crippen LogP contribution in [0.1, 0.15) is 43.0 Å². The highest BCUT2D eigenvalue weighted by Crippen LogP contribution is 2.22. The van der Waals surface area contributed by atoms with E-state index in [1.165, 1.54) is 0 Å². The van der Waals surface area contributed by atoms with E-state index in [0.717, 1.165) is 22.4 Å². The molecular weight excluding hydrogens is 312 g/mol. The van der Waals surface area contributed by atoms with Crippen LogP contribution in [0, 0.1) is 13.8 Å². The second-order valence-electron chi connectivity index (χ2n) is 6.36. The van der Waals surface area contributed by atoms with E-state index in [0.29, 0.717) is 6.54 Å². The number of nitrogens with zero attached hydrogens (tertiary/aromatic N) is 1. The van der Waals surface area contributed by atoms with E-state index in [2.05, 4.69) is 5.32 Å². The normalized spacial score (nSPS) is 11.7. The Labute approximate surface area is 149 Å². The molecule has 2 aromatic rings. The first-order chi connectivity index (χ1) is 11.9. The van der Waals surface area contributed by atoms with E-state index in [1.54, 1.807) is 11.8 Å². The second kappa shape index (κ2) is 8.47. The van der Waals surface area contributed by atoms with Crippen molar-refractivity contribution >= 4 is 17.5 Å². The summed E-state index contributed by atoms with van der Waals surface area (Å²) in [6.45, 7) is 7.87. The van der Waals surface area contributed by atoms with Gasteiger partial charge in [0.15, 0.2) is 0 Å². The second-order valence-corrected chi connectivity index (χ2v) is 6.36. The molecule has 0 radical (unpaired) electrons. The third-order valence-electron chi connectivity index (χ3n) is 4.48. The first-order valence-electron chi connectivity index (χ1n) is 8.58. The summed E-state index contributed by atoms with van der Waals surface area (Å²) in [6, 6.07) is 15.7. The van der Waals surface area contributed by atoms with Crippen LogP contribution < -0.4 is 5.32 Å². The smallest absolute Gasteiger partial charge is 0.226 e. The van der Waals surface area contributed by atoms with Crippen molar-refractivity contribution in [2.24, 2.45) is 0 Å². The van der Waals surface area contributed by atoms with Gasteiger partial charge in [0.2, 0.25) is 11.8 Å². The van der Waals surface area contributed by atoms with Gasteiger partial charge < -0.3 is 10.2 Å². The minimum Gasteiger partial charge on any atom is -0.336 e. The maximum atomic E-state index is 12.4. The number of carbonyl (C=O) groups excluding carboxylic acids is 2. The molecule has 0 aromatic heterocycles. The maximum Gasteiger partial charge on any atom is 0.226 e. The Morgan fingerprint density at radius 2 is 1.60 bits per heavy atom. The van der Waals surface area contributed by atoms with Crippen molar-refractivity contribution in [3.8, 4) is 0 Å². The lowest BCUT2D eigenvalue weighted by Crippen LogP contribution is -2.34. The first-order valence-corrected chi connectivity index (χ1v) is 8.58. The molecule has 0 bridgehead atoms. The molecule has 0 saturated carbocycles. The summed E-state index contributed by atoms with van der Waals surface area (Å²) in [5.41, 5.74) is 4.00. The molecule has 2 amide bonds. The zero-order valence-electron chi connectivity index (χ0n) is 15.4. The minimum atomic E-state index is -0.0797. The van der Waals surface area contributed by atoms with Crippen LogP contribution in [0.4, 0.5) is 5.69 Å². The fraction of sp³-hybridized carbons (Fsp3) is 0.333. The lowest BCUT2D eigenvalue weighted by Gasteiger charge is -2.28. The van der Waals surface area contributed by atoms with Crippen molar-refractivity contribution < 1.29 is 9.59 Å². The Balaban J connectivity index is 2.01. The quantitative estimate of drug-likeness (QED) is 0.856. The molecule has 4 nitrogen and oxygen atoms in total. The first kappa shape index (κ1) is 18.7. The van der Waals surface area contributed by atoms with Gasteiger partial charge in [-0.1, -0.05) is 48.5 Å². The predicted molar refractivity (Wildman–Crippen MR) is 101 cm³/mol. The van der Waals surface area contributed by atoms with Crippen molar-refractivity contribution in [2.45, 2.75) is 40.2 Å². The molecule has 0 fully saturated rings. The lowest BCUT2D eigenvalue weighted by molar-refractivity contribution is -0.131. The van der Waals surface area contributed by atoms with Crippen LogP contribution in [-0.4, -0.2) is 23.3 Å². The Morgan fingerprint density at radius 3 is 2.16 bits per heavy atom. The van der Waals surface area contributed by atoms with Crippen LogP contribution in [0.15, 0.2) is 48.5 Å². The van der Waals surface area contributed by atoms with Crippen LogP contribution in [0.3, 0.4) is 0 Å². The number of rotatable bonds is 6. The van der Waals surface area contributed by atoms with Gasteiger partial charge in [-0.25, -0.2) is 0 Å². The van der Waals surface area contributed by atoms with E-state index in [-0.39, 0.29) is 24.3 Å². The van der Waals surface area contributed by atoms with Crippen molar-refractivity contribution in [2.75, 3.05) is 11.9 Å². The number of aryl methyl sites for hydroxylation is 2. The van der Waals surface area contributed by atoms with E-state index in [1.807, 2.05) is 69.3 Å². The highest BCUT2D eigenvalue weighted by Gasteiger charge is 2.19. The van der Waals surface area contributed by atoms with Gasteiger partial charge in [-0.2, -0.15) is 0 Å². The largest absolute Gasteiger partial charge is 0.336 e. The number of nitrogens with one attached hydrogen (secondary N) is 1. The summed E-state index contributed by atoms with van der Waals surface area (Å²) < 4.78 is 0. The Bertz CT molecular complexity index is 721. The third kappa shape index (κ3) is 4.92. The zero-order chi connectivity index (χ0) is 18.4. The van der Waals surface area contributed by atoms with E-state index < -0.39 is 0 Å². The summed E-state index contributed by atoms with van der Waals surface area (Å²) >= 11 is 0.